The molecule has 1 aromatic carbocycles. The SMILES string of the molecule is Cc1nc(N2CCCCC2)cc(N2CCN(S(=O)(=O)c3cccc4cccnc34)CC2)n1. The quantitative estimate of drug-likeness (QED) is 0.602. The second-order valence-corrected chi connectivity index (χ2v) is 10.3. The van der Waals surface area contributed by atoms with E-state index in [1.807, 2.05) is 25.1 Å². The Hall–Kier alpha value is -2.78. The van der Waals surface area contributed by atoms with E-state index in [0.717, 1.165) is 35.9 Å². The van der Waals surface area contributed by atoms with Crippen LogP contribution in [-0.4, -0.2) is 66.9 Å². The van der Waals surface area contributed by atoms with Crippen molar-refractivity contribution in [3.63, 3.8) is 0 Å². The standard InChI is InChI=1S/C23H28N6O2S/c1-18-25-21(27-11-3-2-4-12-27)17-22(26-18)28-13-15-29(16-14-28)32(30,31)20-9-5-7-19-8-6-10-24-23(19)20/h5-10,17H,2-4,11-16H2,1H3. The summed E-state index contributed by atoms with van der Waals surface area (Å²) in [6, 6.07) is 11.1. The fourth-order valence-electron chi connectivity index (χ4n) is 4.56. The molecule has 0 spiro atoms. The molecule has 0 radical (unpaired) electrons. The Labute approximate surface area is 189 Å². The molecular formula is C23H28N6O2S. The molecule has 0 unspecified atom stereocenters. The molecular weight excluding hydrogens is 424 g/mol. The van der Waals surface area contributed by atoms with Crippen molar-refractivity contribution in [3.05, 3.63) is 48.4 Å². The van der Waals surface area contributed by atoms with E-state index in [2.05, 4.69) is 30.8 Å². The third-order valence-corrected chi connectivity index (χ3v) is 8.20. The van der Waals surface area contributed by atoms with Crippen molar-refractivity contribution < 1.29 is 8.42 Å². The Bertz CT molecular complexity index is 1210. The van der Waals surface area contributed by atoms with Crippen molar-refractivity contribution in [1.29, 1.82) is 0 Å². The van der Waals surface area contributed by atoms with Crippen LogP contribution in [0.3, 0.4) is 0 Å². The number of hydrogen-bond donors (Lipinski definition) is 0. The lowest BCUT2D eigenvalue weighted by atomic mass is 10.1. The van der Waals surface area contributed by atoms with E-state index >= 15 is 0 Å². The molecule has 4 heterocycles. The topological polar surface area (TPSA) is 82.5 Å². The number of pyridine rings is 1. The number of sulfonamides is 1. The van der Waals surface area contributed by atoms with Crippen LogP contribution in [0.2, 0.25) is 0 Å². The first-order valence-electron chi connectivity index (χ1n) is 11.2. The Kier molecular flexibility index (Phi) is 5.69. The van der Waals surface area contributed by atoms with Crippen LogP contribution in [0.15, 0.2) is 47.5 Å². The molecule has 2 aromatic heterocycles. The number of benzene rings is 1. The first-order chi connectivity index (χ1) is 15.5. The highest BCUT2D eigenvalue weighted by molar-refractivity contribution is 7.89. The third kappa shape index (κ3) is 4.02. The summed E-state index contributed by atoms with van der Waals surface area (Å²) in [5.74, 6) is 2.60. The predicted octanol–water partition coefficient (Wildman–Crippen LogP) is 2.83. The summed E-state index contributed by atoms with van der Waals surface area (Å²) in [6.07, 6.45) is 5.29. The van der Waals surface area contributed by atoms with Gasteiger partial charge in [0, 0.05) is 56.9 Å². The van der Waals surface area contributed by atoms with Crippen LogP contribution in [0.25, 0.3) is 10.9 Å². The monoisotopic (exact) mass is 452 g/mol. The molecule has 2 aliphatic rings. The molecule has 32 heavy (non-hydrogen) atoms. The van der Waals surface area contributed by atoms with Gasteiger partial charge in [0.05, 0.1) is 5.52 Å². The largest absolute Gasteiger partial charge is 0.356 e. The van der Waals surface area contributed by atoms with E-state index in [4.69, 9.17) is 0 Å². The van der Waals surface area contributed by atoms with Crippen LogP contribution in [-0.2, 0) is 10.0 Å². The first-order valence-corrected chi connectivity index (χ1v) is 12.7. The van der Waals surface area contributed by atoms with Crippen molar-refractivity contribution in [3.8, 4) is 0 Å². The summed E-state index contributed by atoms with van der Waals surface area (Å²) in [4.78, 5) is 18.4. The molecule has 3 aromatic rings. The lowest BCUT2D eigenvalue weighted by Gasteiger charge is -2.35. The number of anilines is 2. The zero-order chi connectivity index (χ0) is 22.1. The summed E-state index contributed by atoms with van der Waals surface area (Å²) in [7, 11) is -3.62. The van der Waals surface area contributed by atoms with Gasteiger partial charge in [0.15, 0.2) is 0 Å². The maximum atomic E-state index is 13.4. The van der Waals surface area contributed by atoms with Gasteiger partial charge in [0.25, 0.3) is 0 Å². The number of hydrogen-bond acceptors (Lipinski definition) is 7. The van der Waals surface area contributed by atoms with Crippen LogP contribution in [0.1, 0.15) is 25.1 Å². The number of piperidine rings is 1. The number of para-hydroxylation sites is 1. The zero-order valence-corrected chi connectivity index (χ0v) is 19.1. The number of piperazine rings is 1. The molecule has 9 heteroatoms. The van der Waals surface area contributed by atoms with Crippen LogP contribution >= 0.6 is 0 Å². The van der Waals surface area contributed by atoms with Gasteiger partial charge in [-0.25, -0.2) is 18.4 Å². The second-order valence-electron chi connectivity index (χ2n) is 8.40. The first kappa shape index (κ1) is 21.1. The van der Waals surface area contributed by atoms with Gasteiger partial charge in [-0.05, 0) is 38.3 Å². The van der Waals surface area contributed by atoms with E-state index in [-0.39, 0.29) is 4.90 Å². The van der Waals surface area contributed by atoms with E-state index in [0.29, 0.717) is 31.7 Å². The fraction of sp³-hybridized carbons (Fsp3) is 0.435. The molecule has 0 saturated carbocycles. The molecule has 168 valence electrons. The lowest BCUT2D eigenvalue weighted by Crippen LogP contribution is -2.49. The second kappa shape index (κ2) is 8.63. The number of fused-ring (bicyclic) bond motifs is 1. The predicted molar refractivity (Wildman–Crippen MR) is 126 cm³/mol. The molecule has 0 N–H and O–H groups in total. The van der Waals surface area contributed by atoms with Crippen LogP contribution < -0.4 is 9.80 Å². The van der Waals surface area contributed by atoms with E-state index in [1.165, 1.54) is 19.3 Å². The van der Waals surface area contributed by atoms with Crippen molar-refractivity contribution in [2.75, 3.05) is 49.1 Å². The van der Waals surface area contributed by atoms with Gasteiger partial charge >= 0.3 is 0 Å². The van der Waals surface area contributed by atoms with Crippen LogP contribution in [0, 0.1) is 6.92 Å². The number of aryl methyl sites for hydroxylation is 1. The molecule has 2 fully saturated rings. The molecule has 5 rings (SSSR count). The average Bonchev–Trinajstić information content (AvgIpc) is 2.84. The maximum absolute atomic E-state index is 13.4. The van der Waals surface area contributed by atoms with Gasteiger partial charge in [-0.1, -0.05) is 18.2 Å². The summed E-state index contributed by atoms with van der Waals surface area (Å²) in [6.45, 7) is 5.98. The Morgan fingerprint density at radius 1 is 0.812 bits per heavy atom. The zero-order valence-electron chi connectivity index (χ0n) is 18.3. The van der Waals surface area contributed by atoms with Gasteiger partial charge in [-0.2, -0.15) is 4.31 Å². The van der Waals surface area contributed by atoms with Crippen molar-refractivity contribution >= 4 is 32.6 Å². The van der Waals surface area contributed by atoms with Gasteiger partial charge in [-0.3, -0.25) is 4.98 Å². The van der Waals surface area contributed by atoms with Gasteiger partial charge in [-0.15, -0.1) is 0 Å². The maximum Gasteiger partial charge on any atom is 0.245 e. The molecule has 2 saturated heterocycles. The van der Waals surface area contributed by atoms with Crippen LogP contribution in [0.4, 0.5) is 11.6 Å². The molecule has 2 aliphatic heterocycles. The summed E-state index contributed by atoms with van der Waals surface area (Å²) in [5.41, 5.74) is 0.523. The Balaban J connectivity index is 1.34. The van der Waals surface area contributed by atoms with Gasteiger partial charge in [0.1, 0.15) is 22.4 Å². The average molecular weight is 453 g/mol. The highest BCUT2D eigenvalue weighted by atomic mass is 32.2. The normalized spacial score (nSPS) is 18.3. The summed E-state index contributed by atoms with van der Waals surface area (Å²) < 4.78 is 28.4. The summed E-state index contributed by atoms with van der Waals surface area (Å²) in [5, 5.41) is 0.828. The van der Waals surface area contributed by atoms with Gasteiger partial charge in [0.2, 0.25) is 10.0 Å². The Morgan fingerprint density at radius 3 is 2.19 bits per heavy atom. The van der Waals surface area contributed by atoms with Crippen molar-refractivity contribution in [1.82, 2.24) is 19.3 Å². The molecule has 0 amide bonds. The Morgan fingerprint density at radius 2 is 1.47 bits per heavy atom. The van der Waals surface area contributed by atoms with Crippen molar-refractivity contribution in [2.45, 2.75) is 31.1 Å². The van der Waals surface area contributed by atoms with E-state index in [9.17, 15) is 8.42 Å². The minimum absolute atomic E-state index is 0.273. The fourth-order valence-corrected chi connectivity index (χ4v) is 6.15. The van der Waals surface area contributed by atoms with Crippen LogP contribution in [0.5, 0.6) is 0 Å². The van der Waals surface area contributed by atoms with E-state index in [1.54, 1.807) is 22.6 Å². The number of rotatable bonds is 4. The third-order valence-electron chi connectivity index (χ3n) is 6.27. The van der Waals surface area contributed by atoms with Crippen molar-refractivity contribution in [2.24, 2.45) is 0 Å². The number of aromatic nitrogens is 3. The smallest absolute Gasteiger partial charge is 0.245 e. The minimum atomic E-state index is -3.62. The van der Waals surface area contributed by atoms with E-state index < -0.39 is 10.0 Å². The van der Waals surface area contributed by atoms with Gasteiger partial charge < -0.3 is 9.80 Å². The summed E-state index contributed by atoms with van der Waals surface area (Å²) >= 11 is 0. The number of nitrogens with zero attached hydrogens (tertiary/aromatic N) is 6. The molecule has 0 aliphatic carbocycles. The highest BCUT2D eigenvalue weighted by Gasteiger charge is 2.31. The molecule has 0 bridgehead atoms. The minimum Gasteiger partial charge on any atom is -0.356 e. The lowest BCUT2D eigenvalue weighted by molar-refractivity contribution is 0.384. The highest BCUT2D eigenvalue weighted by Crippen LogP contribution is 2.27. The molecule has 8 nitrogen and oxygen atoms in total. The molecule has 0 atom stereocenters.